The summed E-state index contributed by atoms with van der Waals surface area (Å²) in [4.78, 5) is 8.47. The van der Waals surface area contributed by atoms with E-state index >= 15 is 0 Å². The first-order valence-electron chi connectivity index (χ1n) is 4.84. The lowest BCUT2D eigenvalue weighted by atomic mass is 10.2. The van der Waals surface area contributed by atoms with E-state index in [0.29, 0.717) is 12.3 Å². The number of pyridine rings is 1. The molecule has 1 N–H and O–H groups in total. The first kappa shape index (κ1) is 11.4. The fraction of sp³-hybridized carbons (Fsp3) is 0.364. The van der Waals surface area contributed by atoms with Crippen LogP contribution in [0.5, 0.6) is 0 Å². The van der Waals surface area contributed by atoms with Gasteiger partial charge in [0.05, 0.1) is 11.4 Å². The number of rotatable bonds is 4. The summed E-state index contributed by atoms with van der Waals surface area (Å²) in [5.74, 6) is 0. The van der Waals surface area contributed by atoms with Crippen LogP contribution in [-0.4, -0.2) is 28.2 Å². The number of hydrogen-bond donors (Lipinski definition) is 1. The Balaban J connectivity index is 2.46. The molecule has 0 fully saturated rings. The molecule has 15 heavy (non-hydrogen) atoms. The molecular weight excluding hydrogens is 190 g/mol. The minimum Gasteiger partial charge on any atom is -0.411 e. The summed E-state index contributed by atoms with van der Waals surface area (Å²) >= 11 is 0. The SMILES string of the molecule is CC(=NCCc1ccccn1)/C(C)=N/O. The zero-order valence-electron chi connectivity index (χ0n) is 9.01. The van der Waals surface area contributed by atoms with E-state index in [4.69, 9.17) is 5.21 Å². The molecule has 0 unspecified atom stereocenters. The van der Waals surface area contributed by atoms with Gasteiger partial charge in [0.15, 0.2) is 0 Å². The van der Waals surface area contributed by atoms with Crippen LogP contribution < -0.4 is 0 Å². The van der Waals surface area contributed by atoms with Crippen molar-refractivity contribution < 1.29 is 5.21 Å². The predicted octanol–water partition coefficient (Wildman–Crippen LogP) is 1.94. The molecule has 80 valence electrons. The fourth-order valence-electron chi connectivity index (χ4n) is 1.07. The maximum absolute atomic E-state index is 8.52. The van der Waals surface area contributed by atoms with E-state index in [2.05, 4.69) is 15.1 Å². The fourth-order valence-corrected chi connectivity index (χ4v) is 1.07. The Labute approximate surface area is 89.4 Å². The monoisotopic (exact) mass is 205 g/mol. The third-order valence-electron chi connectivity index (χ3n) is 2.12. The first-order chi connectivity index (χ1) is 7.24. The number of aromatic nitrogens is 1. The molecule has 4 nitrogen and oxygen atoms in total. The summed E-state index contributed by atoms with van der Waals surface area (Å²) in [6, 6.07) is 5.82. The van der Waals surface area contributed by atoms with Gasteiger partial charge in [-0.05, 0) is 26.0 Å². The molecule has 0 bridgehead atoms. The van der Waals surface area contributed by atoms with Gasteiger partial charge in [0.1, 0.15) is 0 Å². The van der Waals surface area contributed by atoms with E-state index in [1.807, 2.05) is 25.1 Å². The van der Waals surface area contributed by atoms with Crippen molar-refractivity contribution in [2.24, 2.45) is 10.1 Å². The lowest BCUT2D eigenvalue weighted by Crippen LogP contribution is -2.07. The van der Waals surface area contributed by atoms with Crippen LogP contribution in [0, 0.1) is 0 Å². The van der Waals surface area contributed by atoms with E-state index in [1.165, 1.54) is 0 Å². The Morgan fingerprint density at radius 1 is 1.33 bits per heavy atom. The van der Waals surface area contributed by atoms with Crippen molar-refractivity contribution in [1.29, 1.82) is 0 Å². The second-order valence-corrected chi connectivity index (χ2v) is 3.22. The largest absolute Gasteiger partial charge is 0.411 e. The minimum atomic E-state index is 0.552. The normalized spacial score (nSPS) is 12.9. The Kier molecular flexibility index (Phi) is 4.47. The smallest absolute Gasteiger partial charge is 0.0971 e. The maximum atomic E-state index is 8.52. The van der Waals surface area contributed by atoms with Gasteiger partial charge in [-0.3, -0.25) is 9.98 Å². The Morgan fingerprint density at radius 2 is 2.13 bits per heavy atom. The third kappa shape index (κ3) is 3.89. The Bertz CT molecular complexity index is 357. The average Bonchev–Trinajstić information content (AvgIpc) is 2.29. The average molecular weight is 205 g/mol. The molecule has 1 aromatic rings. The number of hydrogen-bond acceptors (Lipinski definition) is 4. The van der Waals surface area contributed by atoms with Crippen molar-refractivity contribution in [3.05, 3.63) is 30.1 Å². The summed E-state index contributed by atoms with van der Waals surface area (Å²) in [7, 11) is 0. The summed E-state index contributed by atoms with van der Waals surface area (Å²) in [6.45, 7) is 4.21. The van der Waals surface area contributed by atoms with E-state index < -0.39 is 0 Å². The van der Waals surface area contributed by atoms with Crippen LogP contribution in [0.4, 0.5) is 0 Å². The number of aliphatic imine (C=N–C) groups is 1. The topological polar surface area (TPSA) is 57.8 Å². The molecule has 0 spiro atoms. The van der Waals surface area contributed by atoms with Crippen molar-refractivity contribution in [3.8, 4) is 0 Å². The summed E-state index contributed by atoms with van der Waals surface area (Å²) < 4.78 is 0. The summed E-state index contributed by atoms with van der Waals surface area (Å²) in [5.41, 5.74) is 2.33. The van der Waals surface area contributed by atoms with Crippen molar-refractivity contribution in [2.75, 3.05) is 6.54 Å². The maximum Gasteiger partial charge on any atom is 0.0971 e. The lowest BCUT2D eigenvalue weighted by Gasteiger charge is -1.98. The highest BCUT2D eigenvalue weighted by Gasteiger charge is 1.96. The zero-order valence-corrected chi connectivity index (χ0v) is 9.01. The molecule has 0 saturated carbocycles. The first-order valence-corrected chi connectivity index (χ1v) is 4.84. The number of nitrogens with zero attached hydrogens (tertiary/aromatic N) is 3. The quantitative estimate of drug-likeness (QED) is 0.464. The van der Waals surface area contributed by atoms with Crippen LogP contribution in [0.1, 0.15) is 19.5 Å². The standard InChI is InChI=1S/C11H15N3O/c1-9(10(2)14-15)12-8-6-11-5-3-4-7-13-11/h3-5,7,15H,6,8H2,1-2H3/b12-9?,14-10+. The second-order valence-electron chi connectivity index (χ2n) is 3.22. The Hall–Kier alpha value is -1.71. The second kappa shape index (κ2) is 5.90. The van der Waals surface area contributed by atoms with Crippen molar-refractivity contribution in [2.45, 2.75) is 20.3 Å². The van der Waals surface area contributed by atoms with E-state index in [0.717, 1.165) is 17.8 Å². The van der Waals surface area contributed by atoms with Gasteiger partial charge >= 0.3 is 0 Å². The highest BCUT2D eigenvalue weighted by molar-refractivity contribution is 6.40. The van der Waals surface area contributed by atoms with Crippen molar-refractivity contribution in [3.63, 3.8) is 0 Å². The van der Waals surface area contributed by atoms with Gasteiger partial charge in [-0.15, -0.1) is 0 Å². The van der Waals surface area contributed by atoms with Gasteiger partial charge in [0.2, 0.25) is 0 Å². The van der Waals surface area contributed by atoms with Crippen molar-refractivity contribution >= 4 is 11.4 Å². The lowest BCUT2D eigenvalue weighted by molar-refractivity contribution is 0.320. The molecule has 1 rings (SSSR count). The van der Waals surface area contributed by atoms with Gasteiger partial charge in [-0.1, -0.05) is 11.2 Å². The van der Waals surface area contributed by atoms with Crippen LogP contribution in [0.25, 0.3) is 0 Å². The molecule has 0 aliphatic heterocycles. The van der Waals surface area contributed by atoms with Crippen LogP contribution in [0.15, 0.2) is 34.5 Å². The summed E-state index contributed by atoms with van der Waals surface area (Å²) in [5, 5.41) is 11.6. The van der Waals surface area contributed by atoms with E-state index in [1.54, 1.807) is 13.1 Å². The van der Waals surface area contributed by atoms with Gasteiger partial charge in [0.25, 0.3) is 0 Å². The van der Waals surface area contributed by atoms with Gasteiger partial charge in [-0.2, -0.15) is 0 Å². The highest BCUT2D eigenvalue weighted by atomic mass is 16.4. The van der Waals surface area contributed by atoms with Crippen LogP contribution >= 0.6 is 0 Å². The molecule has 0 atom stereocenters. The minimum absolute atomic E-state index is 0.552. The van der Waals surface area contributed by atoms with Crippen LogP contribution in [0.2, 0.25) is 0 Å². The van der Waals surface area contributed by atoms with Gasteiger partial charge in [-0.25, -0.2) is 0 Å². The van der Waals surface area contributed by atoms with Crippen molar-refractivity contribution in [1.82, 2.24) is 4.98 Å². The molecule has 0 saturated heterocycles. The third-order valence-corrected chi connectivity index (χ3v) is 2.12. The molecular formula is C11H15N3O. The van der Waals surface area contributed by atoms with Gasteiger partial charge < -0.3 is 5.21 Å². The van der Waals surface area contributed by atoms with E-state index in [9.17, 15) is 0 Å². The highest BCUT2D eigenvalue weighted by Crippen LogP contribution is 1.95. The Morgan fingerprint density at radius 3 is 2.73 bits per heavy atom. The predicted molar refractivity (Wildman–Crippen MR) is 60.8 cm³/mol. The van der Waals surface area contributed by atoms with Crippen LogP contribution in [-0.2, 0) is 6.42 Å². The molecule has 0 amide bonds. The molecule has 0 aliphatic rings. The molecule has 1 heterocycles. The molecule has 0 aromatic carbocycles. The van der Waals surface area contributed by atoms with Crippen LogP contribution in [0.3, 0.4) is 0 Å². The molecule has 1 aromatic heterocycles. The zero-order chi connectivity index (χ0) is 11.1. The van der Waals surface area contributed by atoms with E-state index in [-0.39, 0.29) is 0 Å². The molecule has 0 aliphatic carbocycles. The number of oxime groups is 1. The van der Waals surface area contributed by atoms with Gasteiger partial charge in [0, 0.05) is 24.9 Å². The molecule has 4 heteroatoms. The summed E-state index contributed by atoms with van der Waals surface area (Å²) in [6.07, 6.45) is 2.57. The molecule has 0 radical (unpaired) electrons.